The number of aliphatic hydroxyl groups excluding tert-OH is 1. The van der Waals surface area contributed by atoms with E-state index >= 15 is 0 Å². The van der Waals surface area contributed by atoms with E-state index in [1.54, 1.807) is 37.3 Å². The standard InChI is InChI=1S/C20H19F3N2O4S/c1-3-29-19(27)9-17-24-16(20(21,22)23)10-25(17)18-7-6-15(30-18)12-4-5-13(11-26)14(8-12)28-2/h4-8,10,26H,3,9,11H2,1-2H3. The van der Waals surface area contributed by atoms with Crippen LogP contribution in [0.25, 0.3) is 15.4 Å². The van der Waals surface area contributed by atoms with Gasteiger partial charge in [0.05, 0.1) is 20.3 Å². The fourth-order valence-electron chi connectivity index (χ4n) is 2.85. The number of esters is 1. The van der Waals surface area contributed by atoms with Crippen LogP contribution in [0.1, 0.15) is 24.0 Å². The Balaban J connectivity index is 1.99. The molecule has 0 amide bonds. The zero-order valence-corrected chi connectivity index (χ0v) is 17.0. The van der Waals surface area contributed by atoms with Crippen molar-refractivity contribution in [3.63, 3.8) is 0 Å². The van der Waals surface area contributed by atoms with Crippen molar-refractivity contribution in [1.29, 1.82) is 0 Å². The molecule has 0 bridgehead atoms. The van der Waals surface area contributed by atoms with Crippen LogP contribution >= 0.6 is 11.3 Å². The maximum absolute atomic E-state index is 13.2. The number of hydrogen-bond donors (Lipinski definition) is 1. The van der Waals surface area contributed by atoms with E-state index in [1.807, 2.05) is 0 Å². The van der Waals surface area contributed by atoms with Crippen LogP contribution in [0.15, 0.2) is 36.5 Å². The van der Waals surface area contributed by atoms with E-state index in [2.05, 4.69) is 4.98 Å². The summed E-state index contributed by atoms with van der Waals surface area (Å²) in [5.41, 5.74) is 0.327. The molecule has 0 atom stereocenters. The highest BCUT2D eigenvalue weighted by atomic mass is 32.1. The molecule has 0 aliphatic rings. The molecule has 0 aliphatic carbocycles. The molecule has 1 N–H and O–H groups in total. The number of hydrogen-bond acceptors (Lipinski definition) is 6. The molecule has 0 saturated carbocycles. The number of halogens is 3. The SMILES string of the molecule is CCOC(=O)Cc1nc(C(F)(F)F)cn1-c1ccc(-c2ccc(CO)c(OC)c2)s1. The average Bonchev–Trinajstić information content (AvgIpc) is 3.34. The summed E-state index contributed by atoms with van der Waals surface area (Å²) in [6, 6.07) is 8.67. The Morgan fingerprint density at radius 1 is 1.27 bits per heavy atom. The summed E-state index contributed by atoms with van der Waals surface area (Å²) in [5, 5.41) is 9.83. The average molecular weight is 440 g/mol. The summed E-state index contributed by atoms with van der Waals surface area (Å²) in [4.78, 5) is 16.2. The summed E-state index contributed by atoms with van der Waals surface area (Å²) >= 11 is 1.24. The molecular weight excluding hydrogens is 421 g/mol. The Morgan fingerprint density at radius 2 is 2.03 bits per heavy atom. The molecule has 2 heterocycles. The van der Waals surface area contributed by atoms with Crippen LogP contribution in [0.5, 0.6) is 5.75 Å². The molecule has 0 aliphatic heterocycles. The van der Waals surface area contributed by atoms with Gasteiger partial charge in [0.2, 0.25) is 0 Å². The molecule has 0 unspecified atom stereocenters. The van der Waals surface area contributed by atoms with Crippen molar-refractivity contribution in [3.8, 4) is 21.2 Å². The van der Waals surface area contributed by atoms with E-state index in [-0.39, 0.29) is 25.5 Å². The number of ether oxygens (including phenoxy) is 2. The number of alkyl halides is 3. The zero-order chi connectivity index (χ0) is 21.9. The molecule has 0 spiro atoms. The smallest absolute Gasteiger partial charge is 0.434 e. The van der Waals surface area contributed by atoms with Crippen LogP contribution < -0.4 is 4.74 Å². The number of aliphatic hydroxyl groups is 1. The van der Waals surface area contributed by atoms with Gasteiger partial charge in [-0.1, -0.05) is 12.1 Å². The zero-order valence-electron chi connectivity index (χ0n) is 16.2. The van der Waals surface area contributed by atoms with E-state index in [0.29, 0.717) is 16.3 Å². The normalized spacial score (nSPS) is 11.5. The molecule has 2 aromatic heterocycles. The molecule has 0 fully saturated rings. The Morgan fingerprint density at radius 3 is 2.67 bits per heavy atom. The highest BCUT2D eigenvalue weighted by molar-refractivity contribution is 7.17. The van der Waals surface area contributed by atoms with Gasteiger partial charge < -0.3 is 14.6 Å². The molecule has 0 radical (unpaired) electrons. The number of rotatable bonds is 7. The maximum atomic E-state index is 13.2. The first kappa shape index (κ1) is 21.8. The minimum absolute atomic E-state index is 0.0533. The Labute approximate surface area is 174 Å². The number of imidazole rings is 1. The van der Waals surface area contributed by atoms with Gasteiger partial charge in [-0.3, -0.25) is 9.36 Å². The third-order valence-corrected chi connectivity index (χ3v) is 5.38. The fourth-order valence-corrected chi connectivity index (χ4v) is 3.85. The van der Waals surface area contributed by atoms with Gasteiger partial charge in [-0.05, 0) is 30.7 Å². The van der Waals surface area contributed by atoms with Crippen LogP contribution in [0.2, 0.25) is 0 Å². The van der Waals surface area contributed by atoms with Crippen LogP contribution in [-0.2, 0) is 28.7 Å². The van der Waals surface area contributed by atoms with Gasteiger partial charge >= 0.3 is 12.1 Å². The second-order valence-electron chi connectivity index (χ2n) is 6.21. The van der Waals surface area contributed by atoms with Crippen molar-refractivity contribution >= 4 is 17.3 Å². The Bertz CT molecular complexity index is 1040. The van der Waals surface area contributed by atoms with E-state index in [1.165, 1.54) is 23.0 Å². The van der Waals surface area contributed by atoms with Crippen molar-refractivity contribution in [2.24, 2.45) is 0 Å². The van der Waals surface area contributed by atoms with Gasteiger partial charge in [0, 0.05) is 16.6 Å². The molecule has 30 heavy (non-hydrogen) atoms. The van der Waals surface area contributed by atoms with Crippen molar-refractivity contribution in [2.75, 3.05) is 13.7 Å². The van der Waals surface area contributed by atoms with Crippen molar-refractivity contribution in [1.82, 2.24) is 9.55 Å². The van der Waals surface area contributed by atoms with Gasteiger partial charge in [-0.25, -0.2) is 4.98 Å². The second-order valence-corrected chi connectivity index (χ2v) is 7.28. The first-order chi connectivity index (χ1) is 14.3. The largest absolute Gasteiger partial charge is 0.496 e. The molecule has 160 valence electrons. The number of benzene rings is 1. The molecule has 6 nitrogen and oxygen atoms in total. The minimum Gasteiger partial charge on any atom is -0.496 e. The third kappa shape index (κ3) is 4.65. The first-order valence-corrected chi connectivity index (χ1v) is 9.78. The lowest BCUT2D eigenvalue weighted by molar-refractivity contribution is -0.143. The van der Waals surface area contributed by atoms with Gasteiger partial charge in [-0.2, -0.15) is 13.2 Å². The summed E-state index contributed by atoms with van der Waals surface area (Å²) in [7, 11) is 1.49. The number of aromatic nitrogens is 2. The number of carbonyl (C=O) groups is 1. The summed E-state index contributed by atoms with van der Waals surface area (Å²) in [6.07, 6.45) is -4.14. The molecule has 0 saturated heterocycles. The Kier molecular flexibility index (Phi) is 6.47. The number of thiophene rings is 1. The van der Waals surface area contributed by atoms with E-state index in [0.717, 1.165) is 16.6 Å². The first-order valence-electron chi connectivity index (χ1n) is 8.96. The van der Waals surface area contributed by atoms with Crippen LogP contribution in [0.4, 0.5) is 13.2 Å². The van der Waals surface area contributed by atoms with E-state index < -0.39 is 17.8 Å². The van der Waals surface area contributed by atoms with Crippen molar-refractivity contribution < 1.29 is 32.5 Å². The molecule has 10 heteroatoms. The lowest BCUT2D eigenvalue weighted by atomic mass is 10.1. The number of methoxy groups -OCH3 is 1. The minimum atomic E-state index is -4.64. The fraction of sp³-hybridized carbons (Fsp3) is 0.300. The highest BCUT2D eigenvalue weighted by Crippen LogP contribution is 2.36. The van der Waals surface area contributed by atoms with Crippen LogP contribution in [-0.4, -0.2) is 34.3 Å². The number of nitrogens with zero attached hydrogens (tertiary/aromatic N) is 2. The maximum Gasteiger partial charge on any atom is 0.434 e. The molecular formula is C20H19F3N2O4S. The third-order valence-electron chi connectivity index (χ3n) is 4.25. The van der Waals surface area contributed by atoms with Gasteiger partial charge in [0.25, 0.3) is 0 Å². The molecule has 3 rings (SSSR count). The number of carbonyl (C=O) groups excluding carboxylic acids is 1. The molecule has 3 aromatic rings. The second kappa shape index (κ2) is 8.88. The predicted octanol–water partition coefficient (Wildman–Crippen LogP) is 4.23. The lowest BCUT2D eigenvalue weighted by Crippen LogP contribution is -2.11. The van der Waals surface area contributed by atoms with E-state index in [9.17, 15) is 23.1 Å². The summed E-state index contributed by atoms with van der Waals surface area (Å²) in [6.45, 7) is 1.57. The van der Waals surface area contributed by atoms with Gasteiger partial charge in [0.15, 0.2) is 5.69 Å². The monoisotopic (exact) mass is 440 g/mol. The Hall–Kier alpha value is -2.85. The molecule has 1 aromatic carbocycles. The van der Waals surface area contributed by atoms with E-state index in [4.69, 9.17) is 9.47 Å². The van der Waals surface area contributed by atoms with Crippen molar-refractivity contribution in [2.45, 2.75) is 26.1 Å². The van der Waals surface area contributed by atoms with Gasteiger partial charge in [0.1, 0.15) is 23.0 Å². The quantitative estimate of drug-likeness (QED) is 0.557. The highest BCUT2D eigenvalue weighted by Gasteiger charge is 2.35. The van der Waals surface area contributed by atoms with Crippen LogP contribution in [0.3, 0.4) is 0 Å². The van der Waals surface area contributed by atoms with Gasteiger partial charge in [-0.15, -0.1) is 11.3 Å². The lowest BCUT2D eigenvalue weighted by Gasteiger charge is -2.08. The summed E-state index contributed by atoms with van der Waals surface area (Å²) in [5.74, 6) is -0.198. The topological polar surface area (TPSA) is 73.6 Å². The summed E-state index contributed by atoms with van der Waals surface area (Å²) < 4.78 is 50.9. The predicted molar refractivity (Wildman–Crippen MR) is 105 cm³/mol. The van der Waals surface area contributed by atoms with Crippen LogP contribution in [0, 0.1) is 0 Å². The van der Waals surface area contributed by atoms with Crippen molar-refractivity contribution in [3.05, 3.63) is 53.6 Å².